The normalized spacial score (nSPS) is 23.5. The zero-order valence-electron chi connectivity index (χ0n) is 24.8. The second-order valence-corrected chi connectivity index (χ2v) is 11.6. The third kappa shape index (κ3) is 3.86. The van der Waals surface area contributed by atoms with Gasteiger partial charge in [0.25, 0.3) is 0 Å². The van der Waals surface area contributed by atoms with Gasteiger partial charge in [0, 0.05) is 16.7 Å². The highest BCUT2D eigenvalue weighted by molar-refractivity contribution is 6.10. The van der Waals surface area contributed by atoms with Gasteiger partial charge in [0.2, 0.25) is 12.7 Å². The van der Waals surface area contributed by atoms with Crippen molar-refractivity contribution in [2.75, 3.05) is 34.7 Å². The third-order valence-corrected chi connectivity index (χ3v) is 9.36. The van der Waals surface area contributed by atoms with Crippen LogP contribution in [0.5, 0.6) is 28.7 Å². The summed E-state index contributed by atoms with van der Waals surface area (Å²) in [5.74, 6) is 1.20. The summed E-state index contributed by atoms with van der Waals surface area (Å²) >= 11 is 0. The smallest absolute Gasteiger partial charge is 0.241 e. The number of rotatable bonds is 6. The van der Waals surface area contributed by atoms with Crippen molar-refractivity contribution in [3.05, 3.63) is 75.3 Å². The predicted octanol–water partition coefficient (Wildman–Crippen LogP) is 4.02. The van der Waals surface area contributed by atoms with Crippen molar-refractivity contribution in [1.29, 1.82) is 0 Å². The number of piperazine rings is 1. The van der Waals surface area contributed by atoms with E-state index in [0.29, 0.717) is 58.3 Å². The Hall–Kier alpha value is -4.28. The first-order valence-electron chi connectivity index (χ1n) is 14.4. The molecule has 3 aromatic carbocycles. The van der Waals surface area contributed by atoms with Crippen molar-refractivity contribution in [3.8, 4) is 28.7 Å². The van der Waals surface area contributed by atoms with E-state index in [-0.39, 0.29) is 30.8 Å². The zero-order valence-corrected chi connectivity index (χ0v) is 24.8. The van der Waals surface area contributed by atoms with Crippen LogP contribution in [0.1, 0.15) is 55.8 Å². The number of fused-ring (bicyclic) bond motifs is 9. The number of carbonyl (C=O) groups excluding carboxylic acids is 2. The molecule has 3 unspecified atom stereocenters. The number of hydrogen-bond donors (Lipinski definition) is 1. The number of Topliss-reactive ketones (excluding diaryl/α,β-unsaturated/α-hetero) is 1. The molecule has 10 heteroatoms. The molecule has 4 atom stereocenters. The molecule has 1 saturated heterocycles. The Bertz CT molecular complexity index is 1660. The van der Waals surface area contributed by atoms with Crippen molar-refractivity contribution in [3.63, 3.8) is 0 Å². The molecule has 7 rings (SSSR count). The predicted molar refractivity (Wildman–Crippen MR) is 155 cm³/mol. The number of benzene rings is 3. The Balaban J connectivity index is 1.43. The summed E-state index contributed by atoms with van der Waals surface area (Å²) in [6.45, 7) is 4.12. The number of aromatic hydroxyl groups is 1. The van der Waals surface area contributed by atoms with Crippen molar-refractivity contribution in [2.45, 2.75) is 51.0 Å². The van der Waals surface area contributed by atoms with Crippen molar-refractivity contribution >= 4 is 11.7 Å². The van der Waals surface area contributed by atoms with Gasteiger partial charge in [0.05, 0.1) is 51.1 Å². The monoisotopic (exact) mass is 586 g/mol. The van der Waals surface area contributed by atoms with Gasteiger partial charge >= 0.3 is 0 Å². The van der Waals surface area contributed by atoms with E-state index in [1.807, 2.05) is 62.2 Å². The number of phenols is 1. The van der Waals surface area contributed by atoms with Gasteiger partial charge in [-0.2, -0.15) is 0 Å². The standard InChI is InChI=1S/C33H34N2O8/c1-16-11-19-12-20-33(38)35-21(14-41-13-18-9-7-6-8-10-18)23-24(30(40-5)17(2)31-32(23)43-15-42-31)27(36)26(35)25(34(20)3)22(19)28(37)29(16)39-4/h6-11,20-21,25-26,37H,12-15H2,1-5H3/t20?,21-,25?,26?/m0/s1. The van der Waals surface area contributed by atoms with Crippen molar-refractivity contribution in [2.24, 2.45) is 0 Å². The Labute approximate surface area is 249 Å². The lowest BCUT2D eigenvalue weighted by atomic mass is 9.73. The summed E-state index contributed by atoms with van der Waals surface area (Å²) in [4.78, 5) is 32.9. The van der Waals surface area contributed by atoms with Gasteiger partial charge in [-0.3, -0.25) is 14.5 Å². The molecule has 0 saturated carbocycles. The van der Waals surface area contributed by atoms with Crippen LogP contribution in [0, 0.1) is 13.8 Å². The molecule has 0 aliphatic carbocycles. The molecule has 0 spiro atoms. The number of likely N-dealkylation sites (N-methyl/N-ethyl adjacent to an activating group) is 1. The van der Waals surface area contributed by atoms with Gasteiger partial charge in [0.1, 0.15) is 11.8 Å². The molecule has 1 N–H and O–H groups in total. The molecule has 224 valence electrons. The number of ether oxygens (including phenoxy) is 5. The zero-order chi connectivity index (χ0) is 30.2. The molecule has 10 nitrogen and oxygen atoms in total. The first-order valence-corrected chi connectivity index (χ1v) is 14.4. The molecule has 4 heterocycles. The third-order valence-electron chi connectivity index (χ3n) is 9.36. The number of phenolic OH excluding ortho intramolecular Hbond substituents is 1. The molecule has 1 fully saturated rings. The minimum atomic E-state index is -0.961. The fourth-order valence-electron chi connectivity index (χ4n) is 7.51. The van der Waals surface area contributed by atoms with Crippen LogP contribution in [0.15, 0.2) is 36.4 Å². The van der Waals surface area contributed by atoms with Crippen molar-refractivity contribution < 1.29 is 38.4 Å². The average molecular weight is 587 g/mol. The van der Waals surface area contributed by atoms with Crippen LogP contribution < -0.4 is 18.9 Å². The lowest BCUT2D eigenvalue weighted by Gasteiger charge is -2.56. The van der Waals surface area contributed by atoms with Gasteiger partial charge in [-0.1, -0.05) is 36.4 Å². The van der Waals surface area contributed by atoms with Gasteiger partial charge in [-0.25, -0.2) is 0 Å². The van der Waals surface area contributed by atoms with E-state index in [9.17, 15) is 14.7 Å². The lowest BCUT2D eigenvalue weighted by Crippen LogP contribution is -2.68. The SMILES string of the molecule is COc1c(C)cc2c(c1O)C1C3C(=O)c4c(OC)c(C)c5c(c4[C@H](COCc4ccccc4)N3C(=O)C(C2)N1C)OCO5. The number of carbonyl (C=O) groups is 2. The van der Waals surface area contributed by atoms with Crippen LogP contribution in [0.25, 0.3) is 0 Å². The van der Waals surface area contributed by atoms with Crippen molar-refractivity contribution in [1.82, 2.24) is 9.80 Å². The first-order chi connectivity index (χ1) is 20.8. The van der Waals surface area contributed by atoms with Crippen LogP contribution in [0.4, 0.5) is 0 Å². The topological polar surface area (TPSA) is 107 Å². The highest BCUT2D eigenvalue weighted by atomic mass is 16.7. The summed E-state index contributed by atoms with van der Waals surface area (Å²) in [6.07, 6.45) is 0.385. The van der Waals surface area contributed by atoms with E-state index in [1.54, 1.807) is 4.90 Å². The Morgan fingerprint density at radius 2 is 1.70 bits per heavy atom. The molecular formula is C33H34N2O8. The fraction of sp³-hybridized carbons (Fsp3) is 0.394. The minimum absolute atomic E-state index is 0.00663. The quantitative estimate of drug-likeness (QED) is 0.458. The van der Waals surface area contributed by atoms with Gasteiger partial charge in [-0.05, 0) is 44.0 Å². The van der Waals surface area contributed by atoms with Crippen LogP contribution in [-0.2, 0) is 22.6 Å². The number of amides is 1. The van der Waals surface area contributed by atoms with Crippen LogP contribution in [-0.4, -0.2) is 73.3 Å². The Morgan fingerprint density at radius 1 is 0.977 bits per heavy atom. The van der Waals surface area contributed by atoms with Gasteiger partial charge in [0.15, 0.2) is 28.8 Å². The van der Waals surface area contributed by atoms with E-state index >= 15 is 0 Å². The van der Waals surface area contributed by atoms with Gasteiger partial charge in [-0.15, -0.1) is 0 Å². The second-order valence-electron chi connectivity index (χ2n) is 11.6. The van der Waals surface area contributed by atoms with E-state index in [4.69, 9.17) is 23.7 Å². The van der Waals surface area contributed by atoms with Crippen LogP contribution >= 0.6 is 0 Å². The van der Waals surface area contributed by atoms with Crippen LogP contribution in [0.2, 0.25) is 0 Å². The maximum Gasteiger partial charge on any atom is 0.241 e. The molecule has 4 aliphatic rings. The minimum Gasteiger partial charge on any atom is -0.504 e. The molecule has 43 heavy (non-hydrogen) atoms. The fourth-order valence-corrected chi connectivity index (χ4v) is 7.51. The number of methoxy groups -OCH3 is 2. The summed E-state index contributed by atoms with van der Waals surface area (Å²) in [5, 5.41) is 11.5. The number of hydrogen-bond acceptors (Lipinski definition) is 9. The van der Waals surface area contributed by atoms with E-state index < -0.39 is 24.2 Å². The Kier molecular flexibility index (Phi) is 6.51. The maximum absolute atomic E-state index is 14.8. The largest absolute Gasteiger partial charge is 0.504 e. The summed E-state index contributed by atoms with van der Waals surface area (Å²) < 4.78 is 29.5. The van der Waals surface area contributed by atoms with E-state index in [2.05, 4.69) is 0 Å². The average Bonchev–Trinajstić information content (AvgIpc) is 3.49. The first kappa shape index (κ1) is 27.5. The summed E-state index contributed by atoms with van der Waals surface area (Å²) in [7, 11) is 4.87. The number of nitrogens with zero attached hydrogens (tertiary/aromatic N) is 2. The number of aryl methyl sites for hydroxylation is 1. The molecule has 3 aromatic rings. The van der Waals surface area contributed by atoms with E-state index in [1.165, 1.54) is 14.2 Å². The molecular weight excluding hydrogens is 552 g/mol. The molecule has 1 amide bonds. The highest BCUT2D eigenvalue weighted by Gasteiger charge is 2.59. The second kappa shape index (κ2) is 10.2. The molecule has 4 aliphatic heterocycles. The lowest BCUT2D eigenvalue weighted by molar-refractivity contribution is -0.156. The maximum atomic E-state index is 14.8. The summed E-state index contributed by atoms with van der Waals surface area (Å²) in [6, 6.07) is 8.93. The van der Waals surface area contributed by atoms with Gasteiger partial charge < -0.3 is 33.7 Å². The summed E-state index contributed by atoms with van der Waals surface area (Å²) in [5.41, 5.74) is 4.72. The molecule has 0 aromatic heterocycles. The molecule has 2 bridgehead atoms. The highest BCUT2D eigenvalue weighted by Crippen LogP contribution is 2.57. The van der Waals surface area contributed by atoms with E-state index in [0.717, 1.165) is 16.7 Å². The molecule has 0 radical (unpaired) electrons. The number of ketones is 1. The van der Waals surface area contributed by atoms with Crippen LogP contribution in [0.3, 0.4) is 0 Å². The Morgan fingerprint density at radius 3 is 2.42 bits per heavy atom.